The summed E-state index contributed by atoms with van der Waals surface area (Å²) in [6.45, 7) is 1.45. The Morgan fingerprint density at radius 2 is 1.93 bits per heavy atom. The van der Waals surface area contributed by atoms with Gasteiger partial charge in [-0.2, -0.15) is 0 Å². The largest absolute Gasteiger partial charge is 0.381 e. The van der Waals surface area contributed by atoms with Crippen LogP contribution in [-0.2, 0) is 0 Å². The minimum Gasteiger partial charge on any atom is -0.380 e. The molecule has 0 amide bonds. The third kappa shape index (κ3) is 1.44. The Balaban J connectivity index is 2.91. The Labute approximate surface area is 84.6 Å². The van der Waals surface area contributed by atoms with Gasteiger partial charge in [0, 0.05) is 11.2 Å². The first-order valence-corrected chi connectivity index (χ1v) is 4.48. The van der Waals surface area contributed by atoms with Crippen molar-refractivity contribution in [2.75, 3.05) is 0 Å². The van der Waals surface area contributed by atoms with Crippen LogP contribution in [0.1, 0.15) is 18.9 Å². The van der Waals surface area contributed by atoms with Crippen LogP contribution in [-0.4, -0.2) is 15.4 Å². The standard InChI is InChI=1S/C9H10N3O3/c1-6(13)9-10-12(15)8-5-3-2-4-7(8)11(9)14/h2-6,13-14H,1H3/q+1/p+1. The molecule has 0 bridgehead atoms. The monoisotopic (exact) mass is 209 g/mol. The van der Waals surface area contributed by atoms with Crippen molar-refractivity contribution in [1.82, 2.24) is 5.10 Å². The van der Waals surface area contributed by atoms with Crippen molar-refractivity contribution in [3.05, 3.63) is 35.0 Å². The summed E-state index contributed by atoms with van der Waals surface area (Å²) in [5, 5.41) is 21.4. The lowest BCUT2D eigenvalue weighted by molar-refractivity contribution is -0.900. The highest BCUT2D eigenvalue weighted by atomic mass is 16.5. The van der Waals surface area contributed by atoms with Gasteiger partial charge in [0.05, 0.1) is 4.91 Å². The van der Waals surface area contributed by atoms with Gasteiger partial charge in [0.25, 0.3) is 5.52 Å². The van der Waals surface area contributed by atoms with Crippen LogP contribution >= 0.6 is 0 Å². The molecule has 0 radical (unpaired) electrons. The quantitative estimate of drug-likeness (QED) is 0.444. The number of para-hydroxylation sites is 2. The van der Waals surface area contributed by atoms with E-state index in [-0.39, 0.29) is 5.82 Å². The van der Waals surface area contributed by atoms with Crippen molar-refractivity contribution >= 4 is 11.0 Å². The zero-order valence-corrected chi connectivity index (χ0v) is 8.08. The molecule has 2 aromatic rings. The molecule has 0 aliphatic carbocycles. The molecule has 0 saturated carbocycles. The number of nitrogens with zero attached hydrogens (tertiary/aromatic N) is 2. The Hall–Kier alpha value is -1.95. The molecule has 1 aromatic carbocycles. The Kier molecular flexibility index (Phi) is 2.12. The summed E-state index contributed by atoms with van der Waals surface area (Å²) in [6, 6.07) is 6.54. The second kappa shape index (κ2) is 3.32. The van der Waals surface area contributed by atoms with Crippen LogP contribution in [0.3, 0.4) is 0 Å². The summed E-state index contributed by atoms with van der Waals surface area (Å²) in [6.07, 6.45) is -0.959. The van der Waals surface area contributed by atoms with Crippen LogP contribution < -0.4 is 9.27 Å². The van der Waals surface area contributed by atoms with Gasteiger partial charge >= 0.3 is 11.3 Å². The third-order valence-corrected chi connectivity index (χ3v) is 2.17. The number of H-pyrrole nitrogens is 1. The molecule has 1 heterocycles. The van der Waals surface area contributed by atoms with Crippen molar-refractivity contribution < 1.29 is 19.6 Å². The van der Waals surface area contributed by atoms with Gasteiger partial charge in [0.2, 0.25) is 4.54 Å². The maximum Gasteiger partial charge on any atom is 0.381 e. The van der Waals surface area contributed by atoms with Gasteiger partial charge in [-0.3, -0.25) is 0 Å². The molecule has 1 unspecified atom stereocenters. The van der Waals surface area contributed by atoms with Crippen LogP contribution in [0.2, 0.25) is 0 Å². The fourth-order valence-corrected chi connectivity index (χ4v) is 1.43. The van der Waals surface area contributed by atoms with E-state index >= 15 is 0 Å². The molecule has 15 heavy (non-hydrogen) atoms. The summed E-state index contributed by atoms with van der Waals surface area (Å²) >= 11 is 0. The number of aliphatic hydroxyl groups is 1. The summed E-state index contributed by atoms with van der Waals surface area (Å²) in [5.74, 6) is 0.0312. The van der Waals surface area contributed by atoms with Gasteiger partial charge < -0.3 is 10.3 Å². The molecular weight excluding hydrogens is 198 g/mol. The van der Waals surface area contributed by atoms with Gasteiger partial charge in [0.15, 0.2) is 6.10 Å². The summed E-state index contributed by atoms with van der Waals surface area (Å²) in [5.41, 5.74) is 0.631. The van der Waals surface area contributed by atoms with E-state index in [2.05, 4.69) is 5.10 Å². The van der Waals surface area contributed by atoms with Crippen LogP contribution in [0.5, 0.6) is 0 Å². The topological polar surface area (TPSA) is 83.1 Å². The minimum absolute atomic E-state index is 0.0312. The molecule has 0 aliphatic rings. The van der Waals surface area contributed by atoms with Crippen LogP contribution in [0.25, 0.3) is 11.0 Å². The van der Waals surface area contributed by atoms with E-state index in [1.54, 1.807) is 24.3 Å². The zero-order chi connectivity index (χ0) is 11.0. The van der Waals surface area contributed by atoms with E-state index < -0.39 is 6.10 Å². The SMILES string of the molecule is CC(O)c1[nH][n+](=O)c2ccccc2[n+]1O. The molecule has 2 rings (SSSR count). The maximum atomic E-state index is 11.5. The Morgan fingerprint density at radius 1 is 1.33 bits per heavy atom. The van der Waals surface area contributed by atoms with E-state index in [0.29, 0.717) is 15.6 Å². The number of fused-ring (bicyclic) bond motifs is 1. The van der Waals surface area contributed by atoms with Crippen molar-refractivity contribution in [3.63, 3.8) is 0 Å². The molecule has 0 spiro atoms. The van der Waals surface area contributed by atoms with E-state index in [1.807, 2.05) is 0 Å². The highest BCUT2D eigenvalue weighted by Gasteiger charge is 2.26. The van der Waals surface area contributed by atoms with E-state index in [4.69, 9.17) is 0 Å². The number of aromatic amines is 1. The predicted molar refractivity (Wildman–Crippen MR) is 49.7 cm³/mol. The first kappa shape index (κ1) is 9.60. The Morgan fingerprint density at radius 3 is 2.53 bits per heavy atom. The van der Waals surface area contributed by atoms with E-state index in [1.165, 1.54) is 6.92 Å². The molecule has 0 saturated heterocycles. The van der Waals surface area contributed by atoms with Gasteiger partial charge in [-0.1, -0.05) is 12.1 Å². The first-order valence-electron chi connectivity index (χ1n) is 4.48. The fraction of sp³-hybridized carbons (Fsp3) is 0.222. The smallest absolute Gasteiger partial charge is 0.380 e. The number of rotatable bonds is 1. The molecule has 3 N–H and O–H groups in total. The molecule has 0 aliphatic heterocycles. The van der Waals surface area contributed by atoms with Crippen LogP contribution in [0.4, 0.5) is 0 Å². The number of benzene rings is 1. The highest BCUT2D eigenvalue weighted by Crippen LogP contribution is 2.06. The summed E-state index contributed by atoms with van der Waals surface area (Å²) in [7, 11) is 0. The summed E-state index contributed by atoms with van der Waals surface area (Å²) in [4.78, 5) is 11.5. The maximum absolute atomic E-state index is 11.5. The lowest BCUT2D eigenvalue weighted by Crippen LogP contribution is -2.44. The van der Waals surface area contributed by atoms with Gasteiger partial charge in [0.1, 0.15) is 0 Å². The Bertz CT molecular complexity index is 562. The lowest BCUT2D eigenvalue weighted by atomic mass is 10.3. The van der Waals surface area contributed by atoms with Crippen LogP contribution in [0, 0.1) is 4.91 Å². The van der Waals surface area contributed by atoms with Gasteiger partial charge in [-0.15, -0.1) is 0 Å². The second-order valence-corrected chi connectivity index (χ2v) is 3.27. The molecule has 6 heteroatoms. The number of nitrogens with one attached hydrogen (secondary N) is 1. The number of hydrogen-bond acceptors (Lipinski definition) is 3. The van der Waals surface area contributed by atoms with Gasteiger partial charge in [-0.05, 0) is 17.7 Å². The van der Waals surface area contributed by atoms with Crippen molar-refractivity contribution in [1.29, 1.82) is 0 Å². The average molecular weight is 209 g/mol. The molecular formula is C9H11N3O3+2. The second-order valence-electron chi connectivity index (χ2n) is 3.27. The third-order valence-electron chi connectivity index (χ3n) is 2.17. The molecule has 0 fully saturated rings. The number of aliphatic hydroxyl groups excluding tert-OH is 1. The molecule has 78 valence electrons. The molecule has 1 atom stereocenters. The first-order chi connectivity index (χ1) is 7.11. The predicted octanol–water partition coefficient (Wildman–Crippen LogP) is -0.340. The van der Waals surface area contributed by atoms with E-state index in [0.717, 1.165) is 4.73 Å². The molecule has 6 nitrogen and oxygen atoms in total. The summed E-state index contributed by atoms with van der Waals surface area (Å²) < 4.78 is 1.28. The van der Waals surface area contributed by atoms with Gasteiger partial charge in [-0.25, -0.2) is 0 Å². The fourth-order valence-electron chi connectivity index (χ4n) is 1.43. The lowest BCUT2D eigenvalue weighted by Gasteiger charge is -1.98. The highest BCUT2D eigenvalue weighted by molar-refractivity contribution is 5.66. The van der Waals surface area contributed by atoms with E-state index in [9.17, 15) is 15.2 Å². The minimum atomic E-state index is -0.959. The number of aromatic nitrogens is 3. The molecule has 1 aromatic heterocycles. The van der Waals surface area contributed by atoms with Crippen molar-refractivity contribution in [2.45, 2.75) is 13.0 Å². The normalized spacial score (nSPS) is 12.9. The average Bonchev–Trinajstić information content (AvgIpc) is 2.23. The van der Waals surface area contributed by atoms with Crippen LogP contribution in [0.15, 0.2) is 24.3 Å². The van der Waals surface area contributed by atoms with Crippen molar-refractivity contribution in [3.8, 4) is 0 Å². The number of hydrogen-bond donors (Lipinski definition) is 3. The van der Waals surface area contributed by atoms with Crippen molar-refractivity contribution in [2.24, 2.45) is 0 Å². The zero-order valence-electron chi connectivity index (χ0n) is 8.08.